The monoisotopic (exact) mass is 1320 g/mol. The van der Waals surface area contributed by atoms with Crippen LogP contribution in [-0.2, 0) is 28.8 Å². The summed E-state index contributed by atoms with van der Waals surface area (Å²) in [4.78, 5) is 29.2. The van der Waals surface area contributed by atoms with Crippen LogP contribution in [0.2, 0.25) is 10.3 Å². The summed E-state index contributed by atoms with van der Waals surface area (Å²) in [5.74, 6) is 1.91. The van der Waals surface area contributed by atoms with Crippen LogP contribution in [0.1, 0.15) is 196 Å². The summed E-state index contributed by atoms with van der Waals surface area (Å²) in [6.45, 7) is 35.2. The smallest absolute Gasteiger partial charge is 0.444 e. The van der Waals surface area contributed by atoms with E-state index in [1.54, 1.807) is 18.2 Å². The lowest BCUT2D eigenvalue weighted by Gasteiger charge is -2.34. The standard InChI is InChI=1S/C25H34FN3.C19H30ClN3.C18H26ClN3O2.C6H6BFO2.C6H12O/c1-24(2,3)12-15-29-16-13-25(14-17-29)18-20(25)6-9-22-10-11-23(28-27-22)19-4-7-21(26)8-5-19;1-18(2,3)8-11-23-12-9-19(10-13-23)14-15(19)4-5-16-6-7-17(20)22-21-16;1-17(2,3)24-16(23)22-10-8-18(9-11-22)12-13(18)4-5-14-6-7-15(19)21-20-14;8-6-3-1-5(2-4-6)7(9)10;1-6(2,3)4-5-7/h4-5,7-8,10-11,20H,6,9,12-18H2,1-3H3;6-7,15H,4-5,8-14H2,1-3H3;6-7,13H,4-5,8-12H2,1-3H3;1-4,9-10H;5H,4H2,1-3H3. The SMILES string of the molecule is CC(C)(C)CC=O.CC(C)(C)CCN1CCC2(CC1)CC2CCc1ccc(-c2ccc(F)cc2)nn1.CC(C)(C)CCN1CCC2(CC1)CC2CCc1ccc(Cl)nn1.CC(C)(C)OC(=O)N1CCC2(CC1)CC2CCc1ccc(Cl)nn1.OB(O)c1ccc(F)cc1. The van der Waals surface area contributed by atoms with E-state index in [1.165, 1.54) is 146 Å². The van der Waals surface area contributed by atoms with Gasteiger partial charge in [0.15, 0.2) is 10.3 Å². The number of aldehydes is 1. The minimum Gasteiger partial charge on any atom is -0.444 e. The highest BCUT2D eigenvalue weighted by Gasteiger charge is 2.56. The Morgan fingerprint density at radius 3 is 1.23 bits per heavy atom. The van der Waals surface area contributed by atoms with Crippen molar-refractivity contribution in [2.75, 3.05) is 52.4 Å². The Hall–Kier alpha value is -5.04. The van der Waals surface area contributed by atoms with Crippen molar-refractivity contribution in [1.82, 2.24) is 45.3 Å². The van der Waals surface area contributed by atoms with Crippen molar-refractivity contribution >= 4 is 48.2 Å². The number of aryl methyl sites for hydroxylation is 3. The predicted molar refractivity (Wildman–Crippen MR) is 371 cm³/mol. The van der Waals surface area contributed by atoms with Crippen LogP contribution >= 0.6 is 23.2 Å². The fourth-order valence-electron chi connectivity index (χ4n) is 13.3. The molecule has 0 bridgehead atoms. The molecule has 93 heavy (non-hydrogen) atoms. The Morgan fingerprint density at radius 1 is 0.538 bits per heavy atom. The minimum absolute atomic E-state index is 0.175. The lowest BCUT2D eigenvalue weighted by molar-refractivity contribution is -0.109. The van der Waals surface area contributed by atoms with Gasteiger partial charge in [-0.15, -0.1) is 10.2 Å². The first-order chi connectivity index (χ1) is 43.7. The molecule has 3 aromatic heterocycles. The predicted octanol–water partition coefficient (Wildman–Crippen LogP) is 15.6. The molecule has 3 spiro atoms. The normalized spacial score (nSPS) is 20.3. The number of halogens is 4. The molecule has 19 heteroatoms. The van der Waals surface area contributed by atoms with Crippen molar-refractivity contribution in [2.24, 2.45) is 50.2 Å². The van der Waals surface area contributed by atoms with E-state index in [0.29, 0.717) is 49.3 Å². The van der Waals surface area contributed by atoms with E-state index in [0.717, 1.165) is 104 Å². The summed E-state index contributed by atoms with van der Waals surface area (Å²) in [5, 5.41) is 42.9. The quantitative estimate of drug-likeness (QED) is 0.0707. The molecule has 6 aliphatic rings. The number of rotatable bonds is 16. The third-order valence-corrected chi connectivity index (χ3v) is 20.3. The summed E-state index contributed by atoms with van der Waals surface area (Å²) < 4.78 is 30.7. The van der Waals surface area contributed by atoms with Gasteiger partial charge in [-0.2, -0.15) is 20.4 Å². The van der Waals surface area contributed by atoms with Gasteiger partial charge in [0.25, 0.3) is 0 Å². The molecule has 3 unspecified atom stereocenters. The van der Waals surface area contributed by atoms with Gasteiger partial charge in [-0.25, -0.2) is 13.6 Å². The number of hydrogen-bond acceptors (Lipinski definition) is 13. The van der Waals surface area contributed by atoms with Gasteiger partial charge < -0.3 is 34.3 Å². The molecule has 3 aliphatic heterocycles. The fourth-order valence-corrected chi connectivity index (χ4v) is 13.5. The molecule has 11 rings (SSSR count). The van der Waals surface area contributed by atoms with Crippen molar-refractivity contribution in [2.45, 2.75) is 204 Å². The van der Waals surface area contributed by atoms with Crippen LogP contribution in [0.15, 0.2) is 84.9 Å². The largest absolute Gasteiger partial charge is 0.488 e. The maximum Gasteiger partial charge on any atom is 0.488 e. The Balaban J connectivity index is 0.000000176. The summed E-state index contributed by atoms with van der Waals surface area (Å²) in [5.41, 5.74) is 7.55. The number of ether oxygens (including phenoxy) is 1. The highest BCUT2D eigenvalue weighted by molar-refractivity contribution is 6.58. The van der Waals surface area contributed by atoms with Crippen LogP contribution in [0, 0.1) is 61.9 Å². The molecule has 3 saturated carbocycles. The number of carbonyl (C=O) groups excluding carboxylic acids is 2. The molecular weight excluding hydrogens is 1210 g/mol. The van der Waals surface area contributed by atoms with Crippen LogP contribution in [0.4, 0.5) is 13.6 Å². The average molecular weight is 1320 g/mol. The van der Waals surface area contributed by atoms with E-state index in [2.05, 4.69) is 88.0 Å². The second kappa shape index (κ2) is 33.3. The number of piperidine rings is 3. The van der Waals surface area contributed by atoms with E-state index >= 15 is 0 Å². The van der Waals surface area contributed by atoms with Crippen molar-refractivity contribution in [1.29, 1.82) is 0 Å². The molecule has 510 valence electrons. The number of aromatic nitrogens is 6. The summed E-state index contributed by atoms with van der Waals surface area (Å²) in [6.07, 6.45) is 22.5. The minimum atomic E-state index is -1.51. The second-order valence-corrected chi connectivity index (χ2v) is 32.9. The molecule has 2 aromatic carbocycles. The van der Waals surface area contributed by atoms with Crippen molar-refractivity contribution in [3.05, 3.63) is 124 Å². The van der Waals surface area contributed by atoms with Gasteiger partial charge in [-0.3, -0.25) is 0 Å². The fraction of sp³-hybridized carbons (Fsp3) is 0.649. The molecule has 14 nitrogen and oxygen atoms in total. The van der Waals surface area contributed by atoms with E-state index in [-0.39, 0.29) is 23.1 Å². The van der Waals surface area contributed by atoms with Gasteiger partial charge >= 0.3 is 13.2 Å². The molecule has 3 saturated heterocycles. The topological polar surface area (TPSA) is 171 Å². The first-order valence-corrected chi connectivity index (χ1v) is 35.0. The number of carbonyl (C=O) groups is 2. The van der Waals surface area contributed by atoms with Gasteiger partial charge in [0.2, 0.25) is 0 Å². The zero-order chi connectivity index (χ0) is 67.8. The average Bonchev–Trinajstić information content (AvgIpc) is 1.61. The van der Waals surface area contributed by atoms with Crippen molar-refractivity contribution < 1.29 is 33.2 Å². The summed E-state index contributed by atoms with van der Waals surface area (Å²) in [7, 11) is -1.51. The summed E-state index contributed by atoms with van der Waals surface area (Å²) in [6, 6.07) is 23.1. The van der Waals surface area contributed by atoms with Gasteiger partial charge in [0, 0.05) is 25.1 Å². The number of likely N-dealkylation sites (tertiary alicyclic amines) is 3. The highest BCUT2D eigenvalue weighted by Crippen LogP contribution is 2.63. The van der Waals surface area contributed by atoms with Gasteiger partial charge in [0.1, 0.15) is 23.5 Å². The first kappa shape index (κ1) is 75.3. The highest BCUT2D eigenvalue weighted by atomic mass is 35.5. The number of nitrogens with zero attached hydrogens (tertiary/aromatic N) is 9. The van der Waals surface area contributed by atoms with Gasteiger partial charge in [-0.05, 0) is 298 Å². The molecule has 1 amide bonds. The van der Waals surface area contributed by atoms with Crippen molar-refractivity contribution in [3.63, 3.8) is 0 Å². The number of benzene rings is 2. The second-order valence-electron chi connectivity index (χ2n) is 32.1. The molecule has 2 N–H and O–H groups in total. The van der Waals surface area contributed by atoms with E-state index in [1.807, 2.05) is 70.7 Å². The maximum absolute atomic E-state index is 13.1. The Labute approximate surface area is 565 Å². The Morgan fingerprint density at radius 2 is 0.914 bits per heavy atom. The molecule has 6 fully saturated rings. The van der Waals surface area contributed by atoms with Crippen LogP contribution < -0.4 is 5.46 Å². The number of amides is 1. The van der Waals surface area contributed by atoms with Crippen LogP contribution in [0.3, 0.4) is 0 Å². The molecule has 3 atom stereocenters. The zero-order valence-corrected chi connectivity index (χ0v) is 59.5. The Kier molecular flexibility index (Phi) is 27.0. The Bertz CT molecular complexity index is 3060. The van der Waals surface area contributed by atoms with Crippen LogP contribution in [-0.4, -0.2) is 133 Å². The summed E-state index contributed by atoms with van der Waals surface area (Å²) >= 11 is 11.6. The van der Waals surface area contributed by atoms with E-state index < -0.39 is 12.7 Å². The van der Waals surface area contributed by atoms with Crippen LogP contribution in [0.5, 0.6) is 0 Å². The molecule has 5 aromatic rings. The lowest BCUT2D eigenvalue weighted by atomic mass is 9.80. The zero-order valence-electron chi connectivity index (χ0n) is 58.0. The van der Waals surface area contributed by atoms with Gasteiger partial charge in [0.05, 0.1) is 22.8 Å². The lowest BCUT2D eigenvalue weighted by Crippen LogP contribution is -2.42. The van der Waals surface area contributed by atoms with E-state index in [9.17, 15) is 18.4 Å². The van der Waals surface area contributed by atoms with Gasteiger partial charge in [-0.1, -0.05) is 97.6 Å². The maximum atomic E-state index is 13.1. The van der Waals surface area contributed by atoms with Crippen LogP contribution in [0.25, 0.3) is 11.3 Å². The molecular formula is C74H108BCl2F2N9O5. The third kappa shape index (κ3) is 25.8. The first-order valence-electron chi connectivity index (χ1n) is 34.3. The molecule has 6 heterocycles. The molecule has 0 radical (unpaired) electrons. The third-order valence-electron chi connectivity index (χ3n) is 19.9. The van der Waals surface area contributed by atoms with Crippen molar-refractivity contribution in [3.8, 4) is 11.3 Å². The molecule has 3 aliphatic carbocycles. The number of hydrogen-bond donors (Lipinski definition) is 2. The van der Waals surface area contributed by atoms with E-state index in [4.69, 9.17) is 38.0 Å².